The van der Waals surface area contributed by atoms with E-state index in [1.165, 1.54) is 43.5 Å². The molecule has 0 bridgehead atoms. The average molecular weight is 647 g/mol. The van der Waals surface area contributed by atoms with Crippen LogP contribution in [0.15, 0.2) is 180 Å². The standard InChI is InChI=1S/2C21H16P.Ti/c2*1-3-11-19(12-4-1)22(20-13-5-2-6-14-20)21-15-17-9-7-8-10-18(17)16-21;/h2*1-16H;. The molecule has 8 rings (SSSR count). The number of hydrogen-bond acceptors (Lipinski definition) is 0. The Labute approximate surface area is 278 Å². The van der Waals surface area contributed by atoms with Gasteiger partial charge in [-0.3, -0.25) is 0 Å². The van der Waals surface area contributed by atoms with E-state index in [0.29, 0.717) is 8.45 Å². The van der Waals surface area contributed by atoms with Crippen molar-refractivity contribution in [2.45, 2.75) is 8.45 Å². The quantitative estimate of drug-likeness (QED) is 0.114. The summed E-state index contributed by atoms with van der Waals surface area (Å²) in [4.78, 5) is 0. The Hall–Kier alpha value is -3.63. The zero-order valence-electron chi connectivity index (χ0n) is 24.9. The summed E-state index contributed by atoms with van der Waals surface area (Å²) in [5, 5.41) is 8.99. The molecule has 0 nitrogen and oxygen atoms in total. The molecule has 0 saturated carbocycles. The molecule has 0 fully saturated rings. The van der Waals surface area contributed by atoms with Crippen LogP contribution in [0.25, 0.3) is 12.2 Å². The van der Waals surface area contributed by atoms with Crippen molar-refractivity contribution in [3.63, 3.8) is 0 Å². The van der Waals surface area contributed by atoms with E-state index in [-0.39, 0.29) is 0 Å². The molecule has 0 aliphatic heterocycles. The zero-order chi connectivity index (χ0) is 30.0. The molecule has 0 N–H and O–H groups in total. The number of allylic oxidation sites excluding steroid dienone is 2. The third-order valence-electron chi connectivity index (χ3n) is 8.72. The van der Waals surface area contributed by atoms with E-state index < -0.39 is 35.0 Å². The Bertz CT molecular complexity index is 1760. The molecule has 0 saturated heterocycles. The van der Waals surface area contributed by atoms with Crippen LogP contribution in [0, 0.1) is 0 Å². The first-order chi connectivity index (χ1) is 22.3. The van der Waals surface area contributed by atoms with E-state index in [4.69, 9.17) is 0 Å². The van der Waals surface area contributed by atoms with Gasteiger partial charge in [0.15, 0.2) is 0 Å². The summed E-state index contributed by atoms with van der Waals surface area (Å²) in [6.07, 6.45) is 5.13. The van der Waals surface area contributed by atoms with E-state index in [1.807, 2.05) is 0 Å². The summed E-state index contributed by atoms with van der Waals surface area (Å²) in [5.41, 5.74) is 5.87. The molecule has 2 atom stereocenters. The SMILES string of the molecule is C1=C(P(c2ccccc2)c2ccccc2)[CH]([Ti][CH]2C(P(c3ccccc3)c3ccccc3)=Cc3ccccc32)c2ccccc21. The topological polar surface area (TPSA) is 0 Å². The summed E-state index contributed by atoms with van der Waals surface area (Å²) in [5.74, 6) is 0. The van der Waals surface area contributed by atoms with Crippen molar-refractivity contribution in [1.29, 1.82) is 0 Å². The van der Waals surface area contributed by atoms with Crippen LogP contribution in [0.1, 0.15) is 30.7 Å². The normalized spacial score (nSPS) is 16.7. The van der Waals surface area contributed by atoms with Gasteiger partial charge in [-0.05, 0) is 0 Å². The van der Waals surface area contributed by atoms with Crippen LogP contribution in [0.3, 0.4) is 0 Å². The number of fused-ring (bicyclic) bond motifs is 2. The predicted octanol–water partition coefficient (Wildman–Crippen LogP) is 9.53. The maximum absolute atomic E-state index is 2.57. The summed E-state index contributed by atoms with van der Waals surface area (Å²) in [6.45, 7) is 0. The minimum atomic E-state index is -0.664. The first kappa shape index (κ1) is 28.8. The number of hydrogen-bond donors (Lipinski definition) is 0. The summed E-state index contributed by atoms with van der Waals surface area (Å²) in [6, 6.07) is 63.5. The second-order valence-corrected chi connectivity index (χ2v) is 18.2. The molecule has 45 heavy (non-hydrogen) atoms. The molecule has 2 unspecified atom stereocenters. The third-order valence-corrected chi connectivity index (χ3v) is 17.5. The molecular weight excluding hydrogens is 614 g/mol. The number of benzene rings is 6. The Kier molecular flexibility index (Phi) is 8.33. The van der Waals surface area contributed by atoms with E-state index in [2.05, 4.69) is 182 Å². The second kappa shape index (κ2) is 13.0. The van der Waals surface area contributed by atoms with Gasteiger partial charge in [-0.25, -0.2) is 0 Å². The Morgan fingerprint density at radius 2 is 0.622 bits per heavy atom. The van der Waals surface area contributed by atoms with Crippen molar-refractivity contribution in [2.24, 2.45) is 0 Å². The van der Waals surface area contributed by atoms with Crippen molar-refractivity contribution < 1.29 is 19.2 Å². The van der Waals surface area contributed by atoms with Gasteiger partial charge in [0.1, 0.15) is 0 Å². The van der Waals surface area contributed by atoms with Gasteiger partial charge in [0.05, 0.1) is 0 Å². The molecule has 2 aliphatic carbocycles. The second-order valence-electron chi connectivity index (χ2n) is 11.4. The third kappa shape index (κ3) is 5.67. The van der Waals surface area contributed by atoms with Crippen LogP contribution in [0.2, 0.25) is 0 Å². The summed E-state index contributed by atoms with van der Waals surface area (Å²) < 4.78 is 0.909. The van der Waals surface area contributed by atoms with Crippen molar-refractivity contribution in [2.75, 3.05) is 0 Å². The molecule has 3 heteroatoms. The number of rotatable bonds is 8. The molecular formula is C42H32P2Ti. The van der Waals surface area contributed by atoms with Gasteiger partial charge < -0.3 is 0 Å². The molecule has 0 radical (unpaired) electrons. The molecule has 0 aromatic heterocycles. The molecule has 214 valence electrons. The van der Waals surface area contributed by atoms with Gasteiger partial charge >= 0.3 is 280 Å². The van der Waals surface area contributed by atoms with Crippen LogP contribution < -0.4 is 21.2 Å². The van der Waals surface area contributed by atoms with E-state index in [9.17, 15) is 0 Å². The fourth-order valence-electron chi connectivity index (χ4n) is 6.72. The van der Waals surface area contributed by atoms with Gasteiger partial charge in [0.2, 0.25) is 0 Å². The van der Waals surface area contributed by atoms with Gasteiger partial charge in [0.25, 0.3) is 0 Å². The molecule has 0 heterocycles. The van der Waals surface area contributed by atoms with Crippen LogP contribution in [0.4, 0.5) is 0 Å². The minimum absolute atomic E-state index is 0.454. The summed E-state index contributed by atoms with van der Waals surface area (Å²) in [7, 11) is -1.33. The van der Waals surface area contributed by atoms with Crippen LogP contribution in [-0.2, 0) is 19.2 Å². The first-order valence-electron chi connectivity index (χ1n) is 15.5. The zero-order valence-corrected chi connectivity index (χ0v) is 28.2. The Morgan fingerprint density at radius 3 is 0.956 bits per heavy atom. The monoisotopic (exact) mass is 646 g/mol. The molecule has 0 spiro atoms. The maximum atomic E-state index is 2.57. The van der Waals surface area contributed by atoms with Gasteiger partial charge in [0, 0.05) is 0 Å². The van der Waals surface area contributed by atoms with E-state index >= 15 is 0 Å². The van der Waals surface area contributed by atoms with Crippen LogP contribution in [-0.4, -0.2) is 0 Å². The van der Waals surface area contributed by atoms with Crippen molar-refractivity contribution in [1.82, 2.24) is 0 Å². The van der Waals surface area contributed by atoms with Gasteiger partial charge in [-0.2, -0.15) is 0 Å². The Morgan fingerprint density at radius 1 is 0.333 bits per heavy atom. The predicted molar refractivity (Wildman–Crippen MR) is 192 cm³/mol. The molecule has 6 aromatic carbocycles. The van der Waals surface area contributed by atoms with Crippen molar-refractivity contribution in [3.05, 3.63) is 203 Å². The van der Waals surface area contributed by atoms with Crippen molar-refractivity contribution in [3.8, 4) is 0 Å². The van der Waals surface area contributed by atoms with Crippen LogP contribution >= 0.6 is 15.8 Å². The first-order valence-corrected chi connectivity index (χ1v) is 20.0. The van der Waals surface area contributed by atoms with Gasteiger partial charge in [-0.15, -0.1) is 0 Å². The fourth-order valence-corrected chi connectivity index (χ4v) is 16.2. The summed E-state index contributed by atoms with van der Waals surface area (Å²) >= 11 is -0.576. The van der Waals surface area contributed by atoms with Gasteiger partial charge in [-0.1, -0.05) is 0 Å². The average Bonchev–Trinajstić information content (AvgIpc) is 3.65. The van der Waals surface area contributed by atoms with Crippen molar-refractivity contribution >= 4 is 49.2 Å². The molecule has 6 aromatic rings. The van der Waals surface area contributed by atoms with E-state index in [1.54, 1.807) is 10.6 Å². The fraction of sp³-hybridized carbons (Fsp3) is 0.0476. The molecule has 2 aliphatic rings. The Balaban J connectivity index is 1.27. The van der Waals surface area contributed by atoms with Crippen LogP contribution in [0.5, 0.6) is 0 Å². The van der Waals surface area contributed by atoms with E-state index in [0.717, 1.165) is 0 Å². The molecule has 0 amide bonds.